The number of aromatic nitrogens is 2. The van der Waals surface area contributed by atoms with Gasteiger partial charge in [0.05, 0.1) is 6.42 Å². The molecule has 0 saturated heterocycles. The fourth-order valence-electron chi connectivity index (χ4n) is 4.35. The van der Waals surface area contributed by atoms with Crippen molar-refractivity contribution in [3.05, 3.63) is 107 Å². The number of carbonyl (C=O) groups is 2. The lowest BCUT2D eigenvalue weighted by Crippen LogP contribution is -2.40. The van der Waals surface area contributed by atoms with Crippen LogP contribution >= 0.6 is 11.3 Å². The lowest BCUT2D eigenvalue weighted by atomic mass is 9.82. The molecule has 0 unspecified atom stereocenters. The van der Waals surface area contributed by atoms with E-state index < -0.39 is 41.1 Å². The molecule has 0 spiro atoms. The lowest BCUT2D eigenvalue weighted by Gasteiger charge is -2.27. The van der Waals surface area contributed by atoms with Crippen molar-refractivity contribution >= 4 is 34.6 Å². The highest BCUT2D eigenvalue weighted by molar-refractivity contribution is 7.13. The van der Waals surface area contributed by atoms with Gasteiger partial charge in [-0.3, -0.25) is 4.79 Å². The van der Waals surface area contributed by atoms with Gasteiger partial charge in [-0.25, -0.2) is 9.18 Å². The number of carboxylic acid groups (broad SMARTS) is 1. The van der Waals surface area contributed by atoms with Crippen molar-refractivity contribution in [1.82, 2.24) is 10.2 Å². The Labute approximate surface area is 253 Å². The molecule has 1 aliphatic heterocycles. The van der Waals surface area contributed by atoms with Gasteiger partial charge in [-0.2, -0.15) is 13.2 Å². The Bertz CT molecular complexity index is 1560. The van der Waals surface area contributed by atoms with E-state index in [0.29, 0.717) is 5.69 Å². The molecule has 4 aromatic rings. The number of halogens is 4. The summed E-state index contributed by atoms with van der Waals surface area (Å²) in [5.41, 5.74) is 1.43. The van der Waals surface area contributed by atoms with Crippen molar-refractivity contribution in [2.75, 3.05) is 11.5 Å². The zero-order chi connectivity index (χ0) is 31.9. The summed E-state index contributed by atoms with van der Waals surface area (Å²) in [7, 11) is 0. The molecule has 5 rings (SSSR count). The van der Waals surface area contributed by atoms with E-state index in [1.54, 1.807) is 13.8 Å². The molecule has 230 valence electrons. The number of benzene rings is 3. The molecule has 1 aromatic heterocycles. The Morgan fingerprint density at radius 1 is 0.977 bits per heavy atom. The highest BCUT2D eigenvalue weighted by Gasteiger charge is 2.44. The number of alkyl halides is 3. The lowest BCUT2D eigenvalue weighted by molar-refractivity contribution is -0.138. The minimum absolute atomic E-state index is 0.0395. The van der Waals surface area contributed by atoms with Gasteiger partial charge in [-0.15, -0.1) is 5.10 Å². The van der Waals surface area contributed by atoms with E-state index in [2.05, 4.69) is 15.4 Å². The Morgan fingerprint density at radius 3 is 2.00 bits per heavy atom. The second-order valence-corrected chi connectivity index (χ2v) is 10.6. The number of oxime groups is 1. The van der Waals surface area contributed by atoms with E-state index in [1.807, 2.05) is 60.7 Å². The minimum Gasteiger partial charge on any atom is -0.477 e. The largest absolute Gasteiger partial charge is 0.477 e. The zero-order valence-corrected chi connectivity index (χ0v) is 24.2. The smallest absolute Gasteiger partial charge is 0.445 e. The van der Waals surface area contributed by atoms with Gasteiger partial charge in [-0.1, -0.05) is 82.3 Å². The maximum atomic E-state index is 13.0. The SMILES string of the molecule is CC(C)N(C(=O)COc1nnc(C(F)(F)F)s1)c1ccc(F)cc1.O=C(O)C1=NOC(c2ccccc2)(c2ccccc2)C1. The summed E-state index contributed by atoms with van der Waals surface area (Å²) in [6, 6.07) is 24.2. The summed E-state index contributed by atoms with van der Waals surface area (Å²) in [4.78, 5) is 30.4. The normalized spacial score (nSPS) is 13.8. The van der Waals surface area contributed by atoms with E-state index in [9.17, 15) is 27.2 Å². The molecule has 0 atom stereocenters. The Morgan fingerprint density at radius 2 is 1.55 bits per heavy atom. The first-order valence-corrected chi connectivity index (χ1v) is 13.9. The molecule has 9 nitrogen and oxygen atoms in total. The summed E-state index contributed by atoms with van der Waals surface area (Å²) >= 11 is 0.210. The van der Waals surface area contributed by atoms with E-state index in [0.717, 1.165) is 11.1 Å². The molecule has 0 aliphatic carbocycles. The third-order valence-corrected chi connectivity index (χ3v) is 7.19. The van der Waals surface area contributed by atoms with Crippen molar-refractivity contribution < 1.29 is 41.8 Å². The van der Waals surface area contributed by atoms with Crippen LogP contribution in [0.1, 0.15) is 36.4 Å². The fourth-order valence-corrected chi connectivity index (χ4v) is 4.91. The van der Waals surface area contributed by atoms with Gasteiger partial charge in [0.25, 0.3) is 11.1 Å². The van der Waals surface area contributed by atoms with Crippen LogP contribution in [-0.4, -0.2) is 45.5 Å². The molecule has 0 radical (unpaired) electrons. The average molecular weight is 631 g/mol. The number of anilines is 1. The molecule has 1 aliphatic rings. The summed E-state index contributed by atoms with van der Waals surface area (Å²) in [6.45, 7) is 2.98. The van der Waals surface area contributed by atoms with Gasteiger partial charge in [-0.05, 0) is 38.1 Å². The van der Waals surface area contributed by atoms with Crippen LogP contribution in [-0.2, 0) is 26.2 Å². The summed E-state index contributed by atoms with van der Waals surface area (Å²) in [6.07, 6.45) is -4.39. The van der Waals surface area contributed by atoms with Crippen LogP contribution in [0.2, 0.25) is 0 Å². The van der Waals surface area contributed by atoms with Crippen LogP contribution in [0.4, 0.5) is 23.2 Å². The maximum absolute atomic E-state index is 13.0. The number of nitrogens with zero attached hydrogens (tertiary/aromatic N) is 4. The first kappa shape index (κ1) is 32.1. The summed E-state index contributed by atoms with van der Waals surface area (Å²) < 4.78 is 55.3. The van der Waals surface area contributed by atoms with Crippen molar-refractivity contribution in [2.24, 2.45) is 5.16 Å². The molecule has 1 N–H and O–H groups in total. The summed E-state index contributed by atoms with van der Waals surface area (Å²) in [5.74, 6) is -1.99. The first-order chi connectivity index (χ1) is 20.9. The monoisotopic (exact) mass is 630 g/mol. The number of hydrogen-bond donors (Lipinski definition) is 1. The topological polar surface area (TPSA) is 114 Å². The van der Waals surface area contributed by atoms with Crippen LogP contribution in [0.5, 0.6) is 5.19 Å². The van der Waals surface area contributed by atoms with E-state index >= 15 is 0 Å². The molecule has 2 heterocycles. The van der Waals surface area contributed by atoms with E-state index in [4.69, 9.17) is 14.7 Å². The highest BCUT2D eigenvalue weighted by Crippen LogP contribution is 2.41. The van der Waals surface area contributed by atoms with Crippen LogP contribution in [0.15, 0.2) is 90.1 Å². The average Bonchev–Trinajstić information content (AvgIpc) is 3.68. The predicted molar refractivity (Wildman–Crippen MR) is 154 cm³/mol. The maximum Gasteiger partial charge on any atom is 0.445 e. The molecule has 0 bridgehead atoms. The van der Waals surface area contributed by atoms with Crippen LogP contribution < -0.4 is 9.64 Å². The van der Waals surface area contributed by atoms with Crippen molar-refractivity contribution in [3.63, 3.8) is 0 Å². The molecular formula is C30H26F4N4O5S. The second-order valence-electron chi connectivity index (χ2n) is 9.66. The van der Waals surface area contributed by atoms with Crippen molar-refractivity contribution in [2.45, 2.75) is 38.1 Å². The Kier molecular flexibility index (Phi) is 9.94. The highest BCUT2D eigenvalue weighted by atomic mass is 32.1. The fraction of sp³-hybridized carbons (Fsp3) is 0.233. The molecule has 14 heteroatoms. The Hall–Kier alpha value is -4.85. The molecular weight excluding hydrogens is 604 g/mol. The molecule has 0 fully saturated rings. The van der Waals surface area contributed by atoms with Gasteiger partial charge in [0.1, 0.15) is 5.82 Å². The van der Waals surface area contributed by atoms with Crippen LogP contribution in [0.25, 0.3) is 0 Å². The Balaban J connectivity index is 0.000000204. The third kappa shape index (κ3) is 7.56. The van der Waals surface area contributed by atoms with Crippen molar-refractivity contribution in [1.29, 1.82) is 0 Å². The third-order valence-electron chi connectivity index (χ3n) is 6.31. The van der Waals surface area contributed by atoms with Gasteiger partial charge >= 0.3 is 12.1 Å². The molecule has 0 saturated carbocycles. The number of aliphatic carboxylic acids is 1. The van der Waals surface area contributed by atoms with E-state index in [-0.39, 0.29) is 34.7 Å². The van der Waals surface area contributed by atoms with Crippen LogP contribution in [0.3, 0.4) is 0 Å². The van der Waals surface area contributed by atoms with Crippen LogP contribution in [0, 0.1) is 5.82 Å². The van der Waals surface area contributed by atoms with Gasteiger partial charge < -0.3 is 19.6 Å². The minimum atomic E-state index is -4.61. The molecule has 44 heavy (non-hydrogen) atoms. The predicted octanol–water partition coefficient (Wildman–Crippen LogP) is 6.31. The molecule has 3 aromatic carbocycles. The summed E-state index contributed by atoms with van der Waals surface area (Å²) in [5, 5.41) is 17.6. The zero-order valence-electron chi connectivity index (χ0n) is 23.4. The number of ether oxygens (including phenoxy) is 1. The second kappa shape index (κ2) is 13.6. The number of carboxylic acids is 1. The number of rotatable bonds is 8. The quantitative estimate of drug-likeness (QED) is 0.227. The van der Waals surface area contributed by atoms with Crippen molar-refractivity contribution in [3.8, 4) is 5.19 Å². The first-order valence-electron chi connectivity index (χ1n) is 13.1. The van der Waals surface area contributed by atoms with Gasteiger partial charge in [0, 0.05) is 22.9 Å². The van der Waals surface area contributed by atoms with E-state index in [1.165, 1.54) is 29.2 Å². The number of hydrogen-bond acceptors (Lipinski definition) is 8. The molecule has 1 amide bonds. The number of amides is 1. The van der Waals surface area contributed by atoms with Gasteiger partial charge in [0.15, 0.2) is 17.9 Å². The standard InChI is InChI=1S/C16H13NO3.C14H13F4N3O2S/c18-15(19)14-11-16(20-17-14,12-7-3-1-4-8-12)13-9-5-2-6-10-13;1-8(2)21(10-5-3-9(15)4-6-10)11(22)7-23-13-20-19-12(24-13)14(16,17)18/h1-10H,11H2,(H,18,19);3-6,8H,7H2,1-2H3. The number of carbonyl (C=O) groups excluding carboxylic acids is 1. The van der Waals surface area contributed by atoms with Gasteiger partial charge in [0.2, 0.25) is 5.01 Å².